The van der Waals surface area contributed by atoms with Gasteiger partial charge in [-0.25, -0.2) is 0 Å². The summed E-state index contributed by atoms with van der Waals surface area (Å²) in [5, 5.41) is 0.489. The van der Waals surface area contributed by atoms with Crippen molar-refractivity contribution in [3.05, 3.63) is 112 Å². The molecule has 0 aliphatic carbocycles. The second-order valence-electron chi connectivity index (χ2n) is 9.12. The highest BCUT2D eigenvalue weighted by Gasteiger charge is 2.23. The van der Waals surface area contributed by atoms with Gasteiger partial charge in [-0.2, -0.15) is 0 Å². The third-order valence-electron chi connectivity index (χ3n) is 6.50. The van der Waals surface area contributed by atoms with Crippen LogP contribution in [-0.4, -0.2) is 46.2 Å². The number of nitrogens with one attached hydrogen (secondary N) is 2. The fraction of sp³-hybridized carbons (Fsp3) is 0.156. The largest absolute Gasteiger partial charge is 0.497 e. The predicted molar refractivity (Wildman–Crippen MR) is 162 cm³/mol. The van der Waals surface area contributed by atoms with Gasteiger partial charge in [-0.05, 0) is 66.2 Å². The van der Waals surface area contributed by atoms with Crippen LogP contribution in [0.25, 0.3) is 0 Å². The highest BCUT2D eigenvalue weighted by atomic mass is 35.5. The van der Waals surface area contributed by atoms with Gasteiger partial charge >= 0.3 is 0 Å². The Morgan fingerprint density at radius 3 is 1.60 bits per heavy atom. The summed E-state index contributed by atoms with van der Waals surface area (Å²) in [6.45, 7) is 0.209. The lowest BCUT2D eigenvalue weighted by Crippen LogP contribution is -2.41. The van der Waals surface area contributed by atoms with Crippen molar-refractivity contribution < 1.29 is 33.3 Å². The first-order chi connectivity index (χ1) is 20.8. The van der Waals surface area contributed by atoms with Crippen molar-refractivity contribution in [2.75, 3.05) is 33.3 Å². The molecule has 0 aliphatic rings. The number of hydrogen-bond donors (Lipinski definition) is 2. The van der Waals surface area contributed by atoms with E-state index in [0.717, 1.165) is 5.56 Å². The summed E-state index contributed by atoms with van der Waals surface area (Å²) in [5.74, 6) is 0.455. The van der Waals surface area contributed by atoms with Crippen LogP contribution in [0.1, 0.15) is 36.6 Å². The number of carbonyl (C=O) groups excluding carboxylic acids is 3. The quantitative estimate of drug-likeness (QED) is 0.237. The Morgan fingerprint density at radius 2 is 1.14 bits per heavy atom. The van der Waals surface area contributed by atoms with E-state index in [9.17, 15) is 14.4 Å². The van der Waals surface area contributed by atoms with E-state index >= 15 is 0 Å². The van der Waals surface area contributed by atoms with E-state index in [1.807, 2.05) is 24.3 Å². The molecule has 2 N–H and O–H groups in total. The van der Waals surface area contributed by atoms with Gasteiger partial charge in [-0.3, -0.25) is 25.2 Å². The van der Waals surface area contributed by atoms with Crippen LogP contribution in [0.15, 0.2) is 84.9 Å². The summed E-state index contributed by atoms with van der Waals surface area (Å²) < 4.78 is 21.7. The average molecular weight is 604 g/mol. The van der Waals surface area contributed by atoms with Crippen molar-refractivity contribution in [2.45, 2.75) is 6.54 Å². The van der Waals surface area contributed by atoms with Crippen molar-refractivity contribution in [1.82, 2.24) is 10.9 Å². The first-order valence-corrected chi connectivity index (χ1v) is 13.4. The molecule has 0 aliphatic heterocycles. The molecule has 0 aromatic heterocycles. The van der Waals surface area contributed by atoms with Gasteiger partial charge in [0.05, 0.1) is 40.7 Å². The highest BCUT2D eigenvalue weighted by molar-refractivity contribution is 6.30. The summed E-state index contributed by atoms with van der Waals surface area (Å²) in [6, 6.07) is 23.0. The Balaban J connectivity index is 1.58. The van der Waals surface area contributed by atoms with Gasteiger partial charge in [-0.15, -0.1) is 0 Å². The first kappa shape index (κ1) is 30.7. The van der Waals surface area contributed by atoms with Gasteiger partial charge < -0.3 is 23.8 Å². The number of hydrogen-bond acceptors (Lipinski definition) is 7. The summed E-state index contributed by atoms with van der Waals surface area (Å²) in [5.41, 5.74) is 6.97. The smallest absolute Gasteiger partial charge is 0.269 e. The average Bonchev–Trinajstić information content (AvgIpc) is 3.05. The van der Waals surface area contributed by atoms with Gasteiger partial charge in [0.15, 0.2) is 11.5 Å². The third-order valence-corrected chi connectivity index (χ3v) is 6.75. The molecule has 4 aromatic rings. The zero-order valence-electron chi connectivity index (χ0n) is 24.0. The second kappa shape index (κ2) is 14.1. The highest BCUT2D eigenvalue weighted by Crippen LogP contribution is 2.41. The van der Waals surface area contributed by atoms with Crippen molar-refractivity contribution in [3.63, 3.8) is 0 Å². The molecule has 0 bridgehead atoms. The van der Waals surface area contributed by atoms with Crippen LogP contribution >= 0.6 is 11.6 Å². The van der Waals surface area contributed by atoms with E-state index in [0.29, 0.717) is 44.8 Å². The minimum atomic E-state index is -0.555. The van der Waals surface area contributed by atoms with Crippen LogP contribution in [0, 0.1) is 0 Å². The molecule has 4 rings (SSSR count). The zero-order chi connectivity index (χ0) is 30.9. The molecule has 0 unspecified atom stereocenters. The molecule has 10 nitrogen and oxygen atoms in total. The number of anilines is 1. The van der Waals surface area contributed by atoms with Gasteiger partial charge in [0.1, 0.15) is 5.75 Å². The number of halogens is 1. The Morgan fingerprint density at radius 1 is 0.651 bits per heavy atom. The molecule has 4 aromatic carbocycles. The van der Waals surface area contributed by atoms with E-state index in [2.05, 4.69) is 10.9 Å². The zero-order valence-corrected chi connectivity index (χ0v) is 24.7. The van der Waals surface area contributed by atoms with Gasteiger partial charge in [0.25, 0.3) is 17.7 Å². The van der Waals surface area contributed by atoms with Crippen molar-refractivity contribution in [1.29, 1.82) is 0 Å². The predicted octanol–water partition coefficient (Wildman–Crippen LogP) is 5.30. The maximum absolute atomic E-state index is 13.9. The third kappa shape index (κ3) is 7.35. The van der Waals surface area contributed by atoms with Crippen LogP contribution < -0.4 is 34.7 Å². The molecule has 3 amide bonds. The SMILES string of the molecule is COc1ccc(CN(C(=O)c2ccc(C(=O)NNC(=O)c3ccc(Cl)cc3)cc2)c2cc(OC)c(OC)c(OC)c2)cc1. The molecule has 222 valence electrons. The van der Waals surface area contributed by atoms with Crippen molar-refractivity contribution in [2.24, 2.45) is 0 Å². The number of ether oxygens (including phenoxy) is 4. The monoisotopic (exact) mass is 603 g/mol. The van der Waals surface area contributed by atoms with Crippen molar-refractivity contribution >= 4 is 35.0 Å². The van der Waals surface area contributed by atoms with Crippen LogP contribution in [0.5, 0.6) is 23.0 Å². The minimum Gasteiger partial charge on any atom is -0.497 e. The van der Waals surface area contributed by atoms with Crippen LogP contribution in [0.2, 0.25) is 5.02 Å². The summed E-state index contributed by atoms with van der Waals surface area (Å²) in [6.07, 6.45) is 0. The number of benzene rings is 4. The molecule has 0 saturated carbocycles. The van der Waals surface area contributed by atoms with Crippen LogP contribution in [0.3, 0.4) is 0 Å². The lowest BCUT2D eigenvalue weighted by molar-refractivity contribution is 0.0846. The topological polar surface area (TPSA) is 115 Å². The number of nitrogens with zero attached hydrogens (tertiary/aromatic N) is 1. The summed E-state index contributed by atoms with van der Waals surface area (Å²) in [7, 11) is 6.08. The molecule has 0 radical (unpaired) electrons. The summed E-state index contributed by atoms with van der Waals surface area (Å²) >= 11 is 5.85. The second-order valence-corrected chi connectivity index (χ2v) is 9.55. The molecule has 43 heavy (non-hydrogen) atoms. The van der Waals surface area contributed by atoms with Crippen LogP contribution in [-0.2, 0) is 6.54 Å². The van der Waals surface area contributed by atoms with E-state index in [-0.39, 0.29) is 18.0 Å². The molecule has 0 spiro atoms. The van der Waals surface area contributed by atoms with Gasteiger partial charge in [0, 0.05) is 33.8 Å². The van der Waals surface area contributed by atoms with E-state index < -0.39 is 11.8 Å². The number of rotatable bonds is 10. The van der Waals surface area contributed by atoms with Crippen molar-refractivity contribution in [3.8, 4) is 23.0 Å². The summed E-state index contributed by atoms with van der Waals surface area (Å²) in [4.78, 5) is 40.5. The molecule has 0 atom stereocenters. The molecule has 0 saturated heterocycles. The van der Waals surface area contributed by atoms with Gasteiger partial charge in [0.2, 0.25) is 5.75 Å². The Labute approximate surface area is 254 Å². The van der Waals surface area contributed by atoms with E-state index in [4.69, 9.17) is 30.5 Å². The standard InChI is InChI=1S/C32H30ClN3O7/c1-40-26-15-5-20(6-16-26)19-36(25-17-27(41-2)29(43-4)28(18-25)42-3)32(39)23-9-7-21(8-10-23)30(37)34-35-31(38)22-11-13-24(33)14-12-22/h5-18H,19H2,1-4H3,(H,34,37)(H,35,38). The lowest BCUT2D eigenvalue weighted by atomic mass is 10.1. The molecular formula is C32H30ClN3O7. The maximum atomic E-state index is 13.9. The normalized spacial score (nSPS) is 10.3. The van der Waals surface area contributed by atoms with Crippen LogP contribution in [0.4, 0.5) is 5.69 Å². The number of hydrazine groups is 1. The number of amides is 3. The lowest BCUT2D eigenvalue weighted by Gasteiger charge is -2.25. The fourth-order valence-electron chi connectivity index (χ4n) is 4.20. The van der Waals surface area contributed by atoms with E-state index in [1.54, 1.807) is 36.3 Å². The molecular weight excluding hydrogens is 574 g/mol. The minimum absolute atomic E-state index is 0.209. The molecule has 0 fully saturated rings. The molecule has 11 heteroatoms. The first-order valence-electron chi connectivity index (χ1n) is 13.0. The number of carbonyl (C=O) groups is 3. The number of methoxy groups -OCH3 is 4. The molecule has 0 heterocycles. The van der Waals surface area contributed by atoms with E-state index in [1.165, 1.54) is 57.7 Å². The fourth-order valence-corrected chi connectivity index (χ4v) is 4.32. The Kier molecular flexibility index (Phi) is 10.1. The Bertz CT molecular complexity index is 1570. The van der Waals surface area contributed by atoms with Gasteiger partial charge in [-0.1, -0.05) is 23.7 Å². The Hall–Kier alpha value is -5.22. The maximum Gasteiger partial charge on any atom is 0.269 e.